The van der Waals surface area contributed by atoms with Crippen LogP contribution in [0.2, 0.25) is 0 Å². The molecule has 6 heteroatoms. The molecule has 2 rings (SSSR count). The van der Waals surface area contributed by atoms with Gasteiger partial charge in [0.05, 0.1) is 6.04 Å². The zero-order valence-corrected chi connectivity index (χ0v) is 13.3. The standard InChI is InChI=1S/C8H12BrN3.C5H10O2/c9-8-3-6-12(11-8)7-1-4-10-5-2-7;1-5(2,3)7-4-6/h3,6-7,10H,1-2,4-5H2;4H,1-3H3. The predicted octanol–water partition coefficient (Wildman–Crippen LogP) is 2.53. The summed E-state index contributed by atoms with van der Waals surface area (Å²) in [5.74, 6) is 0. The molecule has 0 saturated carbocycles. The molecule has 0 unspecified atom stereocenters. The second-order valence-corrected chi connectivity index (χ2v) is 6.24. The van der Waals surface area contributed by atoms with Crippen molar-refractivity contribution in [2.75, 3.05) is 13.1 Å². The fraction of sp³-hybridized carbons (Fsp3) is 0.692. The lowest BCUT2D eigenvalue weighted by Crippen LogP contribution is -2.29. The summed E-state index contributed by atoms with van der Waals surface area (Å²) in [5, 5.41) is 7.68. The SMILES string of the molecule is Brc1ccn(C2CCNCC2)n1.CC(C)(C)OC=O. The number of piperidine rings is 1. The van der Waals surface area contributed by atoms with Gasteiger partial charge in [-0.1, -0.05) is 0 Å². The average molecular weight is 332 g/mol. The van der Waals surface area contributed by atoms with Crippen LogP contribution in [0.1, 0.15) is 39.7 Å². The molecular formula is C13H22BrN3O2. The molecule has 19 heavy (non-hydrogen) atoms. The topological polar surface area (TPSA) is 56.1 Å². The Hall–Kier alpha value is -0.880. The quantitative estimate of drug-likeness (QED) is 0.846. The van der Waals surface area contributed by atoms with E-state index >= 15 is 0 Å². The fourth-order valence-electron chi connectivity index (χ4n) is 1.73. The van der Waals surface area contributed by atoms with Gasteiger partial charge >= 0.3 is 0 Å². The zero-order chi connectivity index (χ0) is 14.3. The number of nitrogens with one attached hydrogen (secondary N) is 1. The molecule has 0 amide bonds. The van der Waals surface area contributed by atoms with Gasteiger partial charge in [0.25, 0.3) is 6.47 Å². The predicted molar refractivity (Wildman–Crippen MR) is 78.0 cm³/mol. The Morgan fingerprint density at radius 3 is 2.47 bits per heavy atom. The lowest BCUT2D eigenvalue weighted by Gasteiger charge is -2.22. The number of hydrogen-bond donors (Lipinski definition) is 1. The maximum atomic E-state index is 9.60. The van der Waals surface area contributed by atoms with E-state index in [4.69, 9.17) is 0 Å². The van der Waals surface area contributed by atoms with Gasteiger partial charge in [-0.15, -0.1) is 0 Å². The maximum Gasteiger partial charge on any atom is 0.293 e. The average Bonchev–Trinajstić information content (AvgIpc) is 2.76. The van der Waals surface area contributed by atoms with E-state index in [-0.39, 0.29) is 5.60 Å². The van der Waals surface area contributed by atoms with Crippen LogP contribution in [0.25, 0.3) is 0 Å². The molecule has 0 radical (unpaired) electrons. The third kappa shape index (κ3) is 6.73. The molecule has 0 bridgehead atoms. The Balaban J connectivity index is 0.000000224. The highest BCUT2D eigenvalue weighted by atomic mass is 79.9. The van der Waals surface area contributed by atoms with Crippen LogP contribution >= 0.6 is 15.9 Å². The fourth-order valence-corrected chi connectivity index (χ4v) is 2.04. The normalized spacial score (nSPS) is 16.4. The third-order valence-corrected chi connectivity index (χ3v) is 3.08. The summed E-state index contributed by atoms with van der Waals surface area (Å²) in [6.45, 7) is 8.15. The summed E-state index contributed by atoms with van der Waals surface area (Å²) in [6, 6.07) is 2.58. The molecule has 2 heterocycles. The van der Waals surface area contributed by atoms with Crippen LogP contribution in [0.15, 0.2) is 16.9 Å². The van der Waals surface area contributed by atoms with Gasteiger partial charge in [-0.2, -0.15) is 5.10 Å². The third-order valence-electron chi connectivity index (χ3n) is 2.66. The molecule has 1 fully saturated rings. The number of nitrogens with zero attached hydrogens (tertiary/aromatic N) is 2. The largest absolute Gasteiger partial charge is 0.462 e. The highest BCUT2D eigenvalue weighted by Crippen LogP contribution is 2.18. The van der Waals surface area contributed by atoms with Gasteiger partial charge in [-0.3, -0.25) is 9.48 Å². The number of halogens is 1. The van der Waals surface area contributed by atoms with Crippen molar-refractivity contribution < 1.29 is 9.53 Å². The molecule has 1 aromatic heterocycles. The molecule has 0 aromatic carbocycles. The van der Waals surface area contributed by atoms with E-state index < -0.39 is 0 Å². The van der Waals surface area contributed by atoms with Gasteiger partial charge < -0.3 is 10.1 Å². The van der Waals surface area contributed by atoms with Crippen LogP contribution in [0.4, 0.5) is 0 Å². The van der Waals surface area contributed by atoms with Gasteiger partial charge in [0.2, 0.25) is 0 Å². The van der Waals surface area contributed by atoms with Crippen molar-refractivity contribution in [1.29, 1.82) is 0 Å². The number of ether oxygens (including phenoxy) is 1. The van der Waals surface area contributed by atoms with Crippen LogP contribution in [0, 0.1) is 0 Å². The van der Waals surface area contributed by atoms with Gasteiger partial charge in [0, 0.05) is 6.20 Å². The minimum atomic E-state index is -0.318. The minimum Gasteiger partial charge on any atom is -0.462 e. The van der Waals surface area contributed by atoms with Crippen molar-refractivity contribution in [2.24, 2.45) is 0 Å². The number of aromatic nitrogens is 2. The van der Waals surface area contributed by atoms with E-state index in [1.807, 2.05) is 33.0 Å². The summed E-state index contributed by atoms with van der Waals surface area (Å²) in [6.07, 6.45) is 4.42. The van der Waals surface area contributed by atoms with Gasteiger partial charge in [0.1, 0.15) is 10.2 Å². The Morgan fingerprint density at radius 2 is 2.11 bits per heavy atom. The van der Waals surface area contributed by atoms with Gasteiger partial charge in [-0.25, -0.2) is 0 Å². The molecule has 0 atom stereocenters. The Labute approximate surface area is 122 Å². The molecule has 0 aliphatic carbocycles. The Kier molecular flexibility index (Phi) is 6.51. The summed E-state index contributed by atoms with van der Waals surface area (Å²) in [4.78, 5) is 9.60. The second kappa shape index (κ2) is 7.65. The van der Waals surface area contributed by atoms with E-state index in [1.54, 1.807) is 0 Å². The van der Waals surface area contributed by atoms with Crippen molar-refractivity contribution in [3.63, 3.8) is 0 Å². The Bertz CT molecular complexity index is 381. The molecule has 1 N–H and O–H groups in total. The van der Waals surface area contributed by atoms with E-state index in [0.29, 0.717) is 12.5 Å². The number of carbonyl (C=O) groups excluding carboxylic acids is 1. The van der Waals surface area contributed by atoms with Gasteiger partial charge in [0.15, 0.2) is 0 Å². The monoisotopic (exact) mass is 331 g/mol. The van der Waals surface area contributed by atoms with Crippen molar-refractivity contribution in [3.05, 3.63) is 16.9 Å². The molecule has 1 saturated heterocycles. The summed E-state index contributed by atoms with van der Waals surface area (Å²) in [5.41, 5.74) is -0.318. The van der Waals surface area contributed by atoms with Crippen molar-refractivity contribution in [2.45, 2.75) is 45.3 Å². The highest BCUT2D eigenvalue weighted by molar-refractivity contribution is 9.10. The highest BCUT2D eigenvalue weighted by Gasteiger charge is 2.14. The summed E-state index contributed by atoms with van der Waals surface area (Å²) in [7, 11) is 0. The molecule has 1 aliphatic rings. The van der Waals surface area contributed by atoms with E-state index in [9.17, 15) is 4.79 Å². The molecule has 5 nitrogen and oxygen atoms in total. The lowest BCUT2D eigenvalue weighted by molar-refractivity contribution is -0.138. The van der Waals surface area contributed by atoms with E-state index in [2.05, 4.69) is 35.8 Å². The van der Waals surface area contributed by atoms with Crippen molar-refractivity contribution in [3.8, 4) is 0 Å². The van der Waals surface area contributed by atoms with E-state index in [1.165, 1.54) is 12.8 Å². The first kappa shape index (κ1) is 16.2. The second-order valence-electron chi connectivity index (χ2n) is 5.43. The number of carbonyl (C=O) groups is 1. The van der Waals surface area contributed by atoms with Crippen molar-refractivity contribution >= 4 is 22.4 Å². The first-order valence-electron chi connectivity index (χ1n) is 6.45. The van der Waals surface area contributed by atoms with Crippen LogP contribution in [-0.4, -0.2) is 34.9 Å². The smallest absolute Gasteiger partial charge is 0.293 e. The molecular weight excluding hydrogens is 310 g/mol. The van der Waals surface area contributed by atoms with Crippen LogP contribution < -0.4 is 5.32 Å². The van der Waals surface area contributed by atoms with Crippen LogP contribution in [0.5, 0.6) is 0 Å². The number of hydrogen-bond acceptors (Lipinski definition) is 4. The van der Waals surface area contributed by atoms with Gasteiger partial charge in [-0.05, 0) is 68.7 Å². The molecule has 1 aromatic rings. The minimum absolute atomic E-state index is 0.318. The molecule has 108 valence electrons. The summed E-state index contributed by atoms with van der Waals surface area (Å²) >= 11 is 3.35. The van der Waals surface area contributed by atoms with Crippen molar-refractivity contribution in [1.82, 2.24) is 15.1 Å². The first-order valence-corrected chi connectivity index (χ1v) is 7.24. The van der Waals surface area contributed by atoms with Crippen LogP contribution in [-0.2, 0) is 9.53 Å². The molecule has 1 aliphatic heterocycles. The summed E-state index contributed by atoms with van der Waals surface area (Å²) < 4.78 is 7.54. The number of rotatable bonds is 2. The first-order chi connectivity index (χ1) is 8.92. The Morgan fingerprint density at radius 1 is 1.47 bits per heavy atom. The maximum absolute atomic E-state index is 9.60. The van der Waals surface area contributed by atoms with E-state index in [0.717, 1.165) is 17.7 Å². The lowest BCUT2D eigenvalue weighted by atomic mass is 10.1. The zero-order valence-electron chi connectivity index (χ0n) is 11.7. The van der Waals surface area contributed by atoms with Crippen LogP contribution in [0.3, 0.4) is 0 Å². The molecule has 0 spiro atoms.